The van der Waals surface area contributed by atoms with Gasteiger partial charge in [0, 0.05) is 5.56 Å². The smallest absolute Gasteiger partial charge is 0.296 e. The topological polar surface area (TPSA) is 30.0 Å². The van der Waals surface area contributed by atoms with Gasteiger partial charge in [0.05, 0.1) is 11.3 Å². The van der Waals surface area contributed by atoms with E-state index >= 15 is 0 Å². The zero-order chi connectivity index (χ0) is 13.2. The third-order valence-corrected chi connectivity index (χ3v) is 2.38. The van der Waals surface area contributed by atoms with Crippen molar-refractivity contribution in [1.29, 1.82) is 0 Å². The molecule has 2 rings (SSSR count). The van der Waals surface area contributed by atoms with Gasteiger partial charge in [-0.25, -0.2) is 4.98 Å². The summed E-state index contributed by atoms with van der Waals surface area (Å²) in [6.07, 6.45) is -3.84. The van der Waals surface area contributed by atoms with Crippen LogP contribution in [-0.4, -0.2) is 11.3 Å². The summed E-state index contributed by atoms with van der Waals surface area (Å²) in [4.78, 5) is 14.5. The Balaban J connectivity index is 2.47. The molecular weight excluding hydrogens is 243 g/mol. The second-order valence-electron chi connectivity index (χ2n) is 3.64. The first-order chi connectivity index (χ1) is 8.50. The van der Waals surface area contributed by atoms with Crippen molar-refractivity contribution < 1.29 is 18.0 Å². The Bertz CT molecular complexity index is 578. The normalized spacial score (nSPS) is 11.3. The van der Waals surface area contributed by atoms with Gasteiger partial charge in [0.2, 0.25) is 0 Å². The van der Waals surface area contributed by atoms with E-state index in [0.29, 0.717) is 17.5 Å². The molecule has 92 valence electrons. The number of halogens is 3. The molecule has 0 unspecified atom stereocenters. The molecule has 5 heteroatoms. The monoisotopic (exact) mass is 251 g/mol. The maximum absolute atomic E-state index is 12.6. The minimum Gasteiger partial charge on any atom is -0.296 e. The molecule has 18 heavy (non-hydrogen) atoms. The molecule has 0 fully saturated rings. The Morgan fingerprint density at radius 3 is 2.44 bits per heavy atom. The zero-order valence-corrected chi connectivity index (χ0v) is 9.11. The minimum atomic E-state index is -4.39. The number of benzene rings is 1. The SMILES string of the molecule is O=Cc1cccc(-c2cccc(C(F)(F)F)c2)n1. The first-order valence-electron chi connectivity index (χ1n) is 5.10. The summed E-state index contributed by atoms with van der Waals surface area (Å²) in [5.41, 5.74) is 0.113. The predicted molar refractivity (Wildman–Crippen MR) is 60.1 cm³/mol. The van der Waals surface area contributed by atoms with Crippen molar-refractivity contribution >= 4 is 6.29 Å². The minimum absolute atomic E-state index is 0.185. The van der Waals surface area contributed by atoms with Gasteiger partial charge in [0.1, 0.15) is 5.69 Å². The van der Waals surface area contributed by atoms with Gasteiger partial charge >= 0.3 is 6.18 Å². The molecule has 0 spiro atoms. The van der Waals surface area contributed by atoms with Gasteiger partial charge in [-0.05, 0) is 24.3 Å². The molecule has 0 aliphatic carbocycles. The van der Waals surface area contributed by atoms with Crippen LogP contribution in [0.1, 0.15) is 16.1 Å². The summed E-state index contributed by atoms with van der Waals surface area (Å²) in [6, 6.07) is 9.46. The van der Waals surface area contributed by atoms with Gasteiger partial charge in [-0.1, -0.05) is 18.2 Å². The summed E-state index contributed by atoms with van der Waals surface area (Å²) in [5.74, 6) is 0. The molecule has 0 aliphatic heterocycles. The summed E-state index contributed by atoms with van der Waals surface area (Å²) in [6.45, 7) is 0. The van der Waals surface area contributed by atoms with Crippen molar-refractivity contribution in [2.75, 3.05) is 0 Å². The van der Waals surface area contributed by atoms with Crippen LogP contribution in [0.2, 0.25) is 0 Å². The maximum atomic E-state index is 12.6. The fraction of sp³-hybridized carbons (Fsp3) is 0.0769. The van der Waals surface area contributed by atoms with Crippen molar-refractivity contribution in [3.05, 3.63) is 53.7 Å². The van der Waals surface area contributed by atoms with E-state index in [1.165, 1.54) is 18.2 Å². The van der Waals surface area contributed by atoms with Crippen LogP contribution in [0.25, 0.3) is 11.3 Å². The Kier molecular flexibility index (Phi) is 3.14. The molecule has 1 aromatic heterocycles. The molecule has 0 radical (unpaired) electrons. The second-order valence-corrected chi connectivity index (χ2v) is 3.64. The molecule has 0 amide bonds. The van der Waals surface area contributed by atoms with Crippen LogP contribution in [0.4, 0.5) is 13.2 Å². The number of alkyl halides is 3. The van der Waals surface area contributed by atoms with Crippen molar-refractivity contribution in [1.82, 2.24) is 4.98 Å². The van der Waals surface area contributed by atoms with Crippen LogP contribution in [0.5, 0.6) is 0 Å². The zero-order valence-electron chi connectivity index (χ0n) is 9.11. The first kappa shape index (κ1) is 12.3. The summed E-state index contributed by atoms with van der Waals surface area (Å²) in [7, 11) is 0. The van der Waals surface area contributed by atoms with Gasteiger partial charge in [-0.15, -0.1) is 0 Å². The average Bonchev–Trinajstić information content (AvgIpc) is 2.38. The van der Waals surface area contributed by atoms with Crippen LogP contribution in [0, 0.1) is 0 Å². The first-order valence-corrected chi connectivity index (χ1v) is 5.10. The predicted octanol–water partition coefficient (Wildman–Crippen LogP) is 3.58. The fourth-order valence-corrected chi connectivity index (χ4v) is 1.53. The largest absolute Gasteiger partial charge is 0.416 e. The van der Waals surface area contributed by atoms with Crippen LogP contribution in [0.3, 0.4) is 0 Å². The van der Waals surface area contributed by atoms with Gasteiger partial charge in [0.15, 0.2) is 6.29 Å². The lowest BCUT2D eigenvalue weighted by atomic mass is 10.1. The number of nitrogens with zero attached hydrogens (tertiary/aromatic N) is 1. The molecule has 0 atom stereocenters. The van der Waals surface area contributed by atoms with Crippen molar-refractivity contribution in [3.63, 3.8) is 0 Å². The van der Waals surface area contributed by atoms with E-state index in [1.807, 2.05) is 0 Å². The van der Waals surface area contributed by atoms with E-state index in [0.717, 1.165) is 12.1 Å². The molecule has 0 saturated carbocycles. The maximum Gasteiger partial charge on any atom is 0.416 e. The average molecular weight is 251 g/mol. The quantitative estimate of drug-likeness (QED) is 0.763. The van der Waals surface area contributed by atoms with Crippen molar-refractivity contribution in [2.45, 2.75) is 6.18 Å². The molecule has 0 bridgehead atoms. The van der Waals surface area contributed by atoms with Crippen molar-refractivity contribution in [3.8, 4) is 11.3 Å². The second kappa shape index (κ2) is 4.60. The van der Waals surface area contributed by atoms with Gasteiger partial charge in [-0.3, -0.25) is 4.79 Å². The molecule has 1 aromatic carbocycles. The standard InChI is InChI=1S/C13H8F3NO/c14-13(15,16)10-4-1-3-9(7-10)12-6-2-5-11(8-18)17-12/h1-8H. The van der Waals surface area contributed by atoms with Crippen LogP contribution in [-0.2, 0) is 6.18 Å². The van der Waals surface area contributed by atoms with E-state index < -0.39 is 11.7 Å². The molecule has 0 saturated heterocycles. The van der Waals surface area contributed by atoms with Crippen LogP contribution >= 0.6 is 0 Å². The molecule has 2 nitrogen and oxygen atoms in total. The summed E-state index contributed by atoms with van der Waals surface area (Å²) in [5, 5.41) is 0. The highest BCUT2D eigenvalue weighted by Gasteiger charge is 2.30. The van der Waals surface area contributed by atoms with Gasteiger partial charge in [-0.2, -0.15) is 13.2 Å². The van der Waals surface area contributed by atoms with Gasteiger partial charge < -0.3 is 0 Å². The lowest BCUT2D eigenvalue weighted by Gasteiger charge is -2.08. The van der Waals surface area contributed by atoms with E-state index in [4.69, 9.17) is 0 Å². The highest BCUT2D eigenvalue weighted by molar-refractivity contribution is 5.73. The van der Waals surface area contributed by atoms with Crippen molar-refractivity contribution in [2.24, 2.45) is 0 Å². The molecule has 0 N–H and O–H groups in total. The number of carbonyl (C=O) groups excluding carboxylic acids is 1. The number of pyridine rings is 1. The summed E-state index contributed by atoms with van der Waals surface area (Å²) < 4.78 is 37.7. The third-order valence-electron chi connectivity index (χ3n) is 2.38. The summed E-state index contributed by atoms with van der Waals surface area (Å²) >= 11 is 0. The highest BCUT2D eigenvalue weighted by Crippen LogP contribution is 2.31. The Hall–Kier alpha value is -2.17. The van der Waals surface area contributed by atoms with E-state index in [1.54, 1.807) is 12.1 Å². The Morgan fingerprint density at radius 1 is 1.06 bits per heavy atom. The number of rotatable bonds is 2. The van der Waals surface area contributed by atoms with Gasteiger partial charge in [0.25, 0.3) is 0 Å². The van der Waals surface area contributed by atoms with E-state index in [-0.39, 0.29) is 5.69 Å². The fourth-order valence-electron chi connectivity index (χ4n) is 1.53. The number of hydrogen-bond donors (Lipinski definition) is 0. The number of hydrogen-bond acceptors (Lipinski definition) is 2. The Labute approximate surface area is 101 Å². The van der Waals surface area contributed by atoms with Crippen LogP contribution in [0.15, 0.2) is 42.5 Å². The third kappa shape index (κ3) is 2.56. The lowest BCUT2D eigenvalue weighted by Crippen LogP contribution is -2.04. The highest BCUT2D eigenvalue weighted by atomic mass is 19.4. The molecule has 2 aromatic rings. The van der Waals surface area contributed by atoms with E-state index in [9.17, 15) is 18.0 Å². The van der Waals surface area contributed by atoms with Crippen LogP contribution < -0.4 is 0 Å². The number of carbonyl (C=O) groups is 1. The lowest BCUT2D eigenvalue weighted by molar-refractivity contribution is -0.137. The molecular formula is C13H8F3NO. The Morgan fingerprint density at radius 2 is 1.78 bits per heavy atom. The number of aromatic nitrogens is 1. The molecule has 1 heterocycles. The molecule has 0 aliphatic rings. The van der Waals surface area contributed by atoms with E-state index in [2.05, 4.69) is 4.98 Å². The number of aldehydes is 1.